The average molecular weight is 422 g/mol. The van der Waals surface area contributed by atoms with E-state index in [-0.39, 0.29) is 28.6 Å². The van der Waals surface area contributed by atoms with Crippen LogP contribution in [0.4, 0.5) is 23.4 Å². The molecule has 0 bridgehead atoms. The molecule has 1 aromatic carbocycles. The second-order valence-electron chi connectivity index (χ2n) is 7.25. The Morgan fingerprint density at radius 3 is 2.53 bits per heavy atom. The van der Waals surface area contributed by atoms with Crippen molar-refractivity contribution in [2.24, 2.45) is 0 Å². The van der Waals surface area contributed by atoms with Crippen LogP contribution in [-0.4, -0.2) is 37.5 Å². The lowest BCUT2D eigenvalue weighted by molar-refractivity contribution is -0.137. The zero-order chi connectivity index (χ0) is 21.5. The van der Waals surface area contributed by atoms with E-state index in [0.29, 0.717) is 30.5 Å². The topological polar surface area (TPSA) is 91.2 Å². The normalized spacial score (nSPS) is 19.8. The molecule has 1 saturated carbocycles. The van der Waals surface area contributed by atoms with Gasteiger partial charge in [-0.1, -0.05) is 25.0 Å². The molecular weight excluding hydrogens is 404 g/mol. The minimum atomic E-state index is -4.68. The lowest BCUT2D eigenvalue weighted by atomic mass is 9.92. The molecule has 0 saturated heterocycles. The molecule has 6 nitrogen and oxygen atoms in total. The fourth-order valence-electron chi connectivity index (χ4n) is 3.68. The number of rotatable bonds is 3. The summed E-state index contributed by atoms with van der Waals surface area (Å²) in [6, 6.07) is 4.46. The van der Waals surface area contributed by atoms with Crippen molar-refractivity contribution in [3.63, 3.8) is 0 Å². The minimum Gasteiger partial charge on any atom is -0.506 e. The first-order valence-electron chi connectivity index (χ1n) is 9.42. The van der Waals surface area contributed by atoms with Crippen LogP contribution < -0.4 is 5.32 Å². The highest BCUT2D eigenvalue weighted by Crippen LogP contribution is 2.38. The van der Waals surface area contributed by atoms with Crippen molar-refractivity contribution >= 4 is 16.6 Å². The average Bonchev–Trinajstić information content (AvgIpc) is 2.70. The van der Waals surface area contributed by atoms with Crippen LogP contribution in [0.5, 0.6) is 5.75 Å². The highest BCUT2D eigenvalue weighted by atomic mass is 19.4. The van der Waals surface area contributed by atoms with E-state index in [1.54, 1.807) is 6.07 Å². The summed E-state index contributed by atoms with van der Waals surface area (Å²) < 4.78 is 53.3. The summed E-state index contributed by atoms with van der Waals surface area (Å²) in [5.74, 6) is -1.23. The van der Waals surface area contributed by atoms with Gasteiger partial charge in [0.05, 0.1) is 23.1 Å². The summed E-state index contributed by atoms with van der Waals surface area (Å²) in [4.78, 5) is 3.66. The maximum Gasteiger partial charge on any atom is 0.418 e. The fourth-order valence-corrected chi connectivity index (χ4v) is 3.68. The number of aliphatic hydroxyl groups is 1. The molecule has 158 valence electrons. The largest absolute Gasteiger partial charge is 0.506 e. The Morgan fingerprint density at radius 1 is 1.07 bits per heavy atom. The van der Waals surface area contributed by atoms with Gasteiger partial charge in [-0.2, -0.15) is 13.2 Å². The summed E-state index contributed by atoms with van der Waals surface area (Å²) in [6.07, 6.45) is -1.52. The van der Waals surface area contributed by atoms with E-state index in [2.05, 4.69) is 20.5 Å². The van der Waals surface area contributed by atoms with Gasteiger partial charge in [0.25, 0.3) is 0 Å². The van der Waals surface area contributed by atoms with Gasteiger partial charge in [-0.3, -0.25) is 0 Å². The lowest BCUT2D eigenvalue weighted by Gasteiger charge is -2.29. The maximum absolute atomic E-state index is 14.7. The highest BCUT2D eigenvalue weighted by molar-refractivity contribution is 6.00. The van der Waals surface area contributed by atoms with Gasteiger partial charge in [-0.25, -0.2) is 9.37 Å². The van der Waals surface area contributed by atoms with Crippen LogP contribution in [0.15, 0.2) is 30.5 Å². The number of aliphatic hydroxyl groups excluding tert-OH is 1. The van der Waals surface area contributed by atoms with Crippen LogP contribution >= 0.6 is 0 Å². The van der Waals surface area contributed by atoms with Gasteiger partial charge in [-0.15, -0.1) is 10.2 Å². The van der Waals surface area contributed by atoms with Gasteiger partial charge >= 0.3 is 6.18 Å². The van der Waals surface area contributed by atoms with Crippen molar-refractivity contribution in [1.82, 2.24) is 15.2 Å². The molecule has 10 heteroatoms. The first-order valence-corrected chi connectivity index (χ1v) is 9.42. The fraction of sp³-hybridized carbons (Fsp3) is 0.350. The lowest BCUT2D eigenvalue weighted by Crippen LogP contribution is -2.36. The van der Waals surface area contributed by atoms with Gasteiger partial charge in [0.2, 0.25) is 0 Å². The number of alkyl halides is 3. The van der Waals surface area contributed by atoms with Crippen molar-refractivity contribution < 1.29 is 27.8 Å². The second-order valence-corrected chi connectivity index (χ2v) is 7.25. The van der Waals surface area contributed by atoms with Crippen LogP contribution in [0, 0.1) is 5.82 Å². The van der Waals surface area contributed by atoms with Crippen molar-refractivity contribution in [3.05, 3.63) is 41.8 Å². The van der Waals surface area contributed by atoms with Crippen LogP contribution in [0.3, 0.4) is 0 Å². The summed E-state index contributed by atoms with van der Waals surface area (Å²) in [7, 11) is 0. The molecule has 2 heterocycles. The molecule has 0 amide bonds. The van der Waals surface area contributed by atoms with Crippen molar-refractivity contribution in [2.45, 2.75) is 44.0 Å². The SMILES string of the molecule is Oc1cc(C(F)(F)F)cnc1-c1nnc(NC2CCCCC2O)c2cccc(F)c12. The monoisotopic (exact) mass is 422 g/mol. The number of nitrogens with one attached hydrogen (secondary N) is 1. The Balaban J connectivity index is 1.81. The summed E-state index contributed by atoms with van der Waals surface area (Å²) >= 11 is 0. The van der Waals surface area contributed by atoms with E-state index in [9.17, 15) is 27.8 Å². The Hall–Kier alpha value is -3.01. The number of pyridine rings is 1. The molecule has 0 aliphatic heterocycles. The van der Waals surface area contributed by atoms with E-state index in [1.165, 1.54) is 12.1 Å². The Morgan fingerprint density at radius 2 is 1.83 bits per heavy atom. The highest BCUT2D eigenvalue weighted by Gasteiger charge is 2.32. The molecule has 30 heavy (non-hydrogen) atoms. The van der Waals surface area contributed by atoms with Gasteiger partial charge in [-0.05, 0) is 25.0 Å². The van der Waals surface area contributed by atoms with Gasteiger partial charge in [0, 0.05) is 11.6 Å². The number of anilines is 1. The standard InChI is InChI=1S/C20H18F4N4O2/c21-12-5-3-4-11-16(12)18(17-15(30)8-10(9-25-17)20(22,23)24)27-28-19(11)26-13-6-1-2-7-14(13)29/h3-5,8-9,13-14,29-30H,1-2,6-7H2,(H,26,28). The number of nitrogens with zero attached hydrogens (tertiary/aromatic N) is 3. The molecule has 1 fully saturated rings. The van der Waals surface area contributed by atoms with E-state index in [0.717, 1.165) is 12.8 Å². The second kappa shape index (κ2) is 7.67. The van der Waals surface area contributed by atoms with E-state index in [4.69, 9.17) is 0 Å². The van der Waals surface area contributed by atoms with Crippen molar-refractivity contribution in [1.29, 1.82) is 0 Å². The Bertz CT molecular complexity index is 1090. The summed E-state index contributed by atoms with van der Waals surface area (Å²) in [5, 5.41) is 31.7. The van der Waals surface area contributed by atoms with Gasteiger partial charge in [0.15, 0.2) is 5.82 Å². The van der Waals surface area contributed by atoms with Crippen LogP contribution in [0.2, 0.25) is 0 Å². The zero-order valence-electron chi connectivity index (χ0n) is 15.6. The molecule has 0 spiro atoms. The third-order valence-electron chi connectivity index (χ3n) is 5.23. The molecule has 3 N–H and O–H groups in total. The molecule has 1 aliphatic carbocycles. The first-order chi connectivity index (χ1) is 14.3. The Labute approximate surface area is 168 Å². The molecule has 4 rings (SSSR count). The smallest absolute Gasteiger partial charge is 0.418 e. The molecule has 2 unspecified atom stereocenters. The number of benzene rings is 1. The predicted molar refractivity (Wildman–Crippen MR) is 101 cm³/mol. The minimum absolute atomic E-state index is 0.0390. The van der Waals surface area contributed by atoms with Gasteiger partial charge in [0.1, 0.15) is 23.0 Å². The maximum atomic E-state index is 14.7. The zero-order valence-corrected chi connectivity index (χ0v) is 15.6. The number of halogens is 4. The Kier molecular flexibility index (Phi) is 5.19. The summed E-state index contributed by atoms with van der Waals surface area (Å²) in [6.45, 7) is 0. The third kappa shape index (κ3) is 3.74. The quantitative estimate of drug-likeness (QED) is 0.546. The number of hydrogen-bond donors (Lipinski definition) is 3. The number of aromatic nitrogens is 3. The molecule has 0 radical (unpaired) electrons. The van der Waals surface area contributed by atoms with Crippen molar-refractivity contribution in [3.8, 4) is 17.1 Å². The molecule has 3 aromatic rings. The number of fused-ring (bicyclic) bond motifs is 1. The molecule has 2 aromatic heterocycles. The van der Waals surface area contributed by atoms with E-state index in [1.807, 2.05) is 0 Å². The van der Waals surface area contributed by atoms with Crippen LogP contribution in [-0.2, 0) is 6.18 Å². The van der Waals surface area contributed by atoms with E-state index >= 15 is 0 Å². The van der Waals surface area contributed by atoms with Crippen LogP contribution in [0.1, 0.15) is 31.2 Å². The molecular formula is C20H18F4N4O2. The molecule has 2 atom stereocenters. The van der Waals surface area contributed by atoms with Crippen LogP contribution in [0.25, 0.3) is 22.2 Å². The van der Waals surface area contributed by atoms with E-state index < -0.39 is 29.4 Å². The van der Waals surface area contributed by atoms with Gasteiger partial charge < -0.3 is 15.5 Å². The number of aromatic hydroxyl groups is 1. The molecule has 1 aliphatic rings. The number of hydrogen-bond acceptors (Lipinski definition) is 6. The first kappa shape index (κ1) is 20.3. The van der Waals surface area contributed by atoms with Crippen molar-refractivity contribution in [2.75, 3.05) is 5.32 Å². The summed E-state index contributed by atoms with van der Waals surface area (Å²) in [5.41, 5.74) is -1.62. The predicted octanol–water partition coefficient (Wildman–Crippen LogP) is 4.27. The third-order valence-corrected chi connectivity index (χ3v) is 5.23.